The summed E-state index contributed by atoms with van der Waals surface area (Å²) in [6.07, 6.45) is 0.458. The van der Waals surface area contributed by atoms with Gasteiger partial charge in [0.15, 0.2) is 0 Å². The topological polar surface area (TPSA) is 77.0 Å². The Bertz CT molecular complexity index is 1040. The number of pyridine rings is 1. The summed E-state index contributed by atoms with van der Waals surface area (Å²) >= 11 is 0. The molecule has 1 aromatic carbocycles. The van der Waals surface area contributed by atoms with Crippen LogP contribution in [0.3, 0.4) is 0 Å². The van der Waals surface area contributed by atoms with Crippen molar-refractivity contribution in [2.45, 2.75) is 31.9 Å². The fraction of sp³-hybridized carbons (Fsp3) is 0.304. The zero-order valence-corrected chi connectivity index (χ0v) is 17.6. The van der Waals surface area contributed by atoms with E-state index in [1.807, 2.05) is 6.07 Å². The minimum absolute atomic E-state index is 0.0970. The van der Waals surface area contributed by atoms with Gasteiger partial charge >= 0.3 is 5.97 Å². The quantitative estimate of drug-likeness (QED) is 0.531. The van der Waals surface area contributed by atoms with E-state index in [4.69, 9.17) is 4.74 Å². The summed E-state index contributed by atoms with van der Waals surface area (Å²) in [7, 11) is 1.32. The van der Waals surface area contributed by atoms with Gasteiger partial charge in [-0.15, -0.1) is 10.2 Å². The Morgan fingerprint density at radius 3 is 2.65 bits per heavy atom. The van der Waals surface area contributed by atoms with Gasteiger partial charge in [0.1, 0.15) is 11.6 Å². The molecule has 0 unspecified atom stereocenters. The second-order valence-corrected chi connectivity index (χ2v) is 7.61. The van der Waals surface area contributed by atoms with Crippen LogP contribution in [0.15, 0.2) is 54.7 Å². The second kappa shape index (κ2) is 9.59. The summed E-state index contributed by atoms with van der Waals surface area (Å²) < 4.78 is 32.9. The van der Waals surface area contributed by atoms with Crippen molar-refractivity contribution in [1.29, 1.82) is 0 Å². The van der Waals surface area contributed by atoms with Crippen LogP contribution in [0.2, 0.25) is 0 Å². The number of halogens is 2. The van der Waals surface area contributed by atoms with Gasteiger partial charge in [-0.2, -0.15) is 0 Å². The number of esters is 1. The third kappa shape index (κ3) is 5.39. The highest BCUT2D eigenvalue weighted by Gasteiger charge is 2.33. The van der Waals surface area contributed by atoms with Gasteiger partial charge in [0.25, 0.3) is 0 Å². The van der Waals surface area contributed by atoms with Crippen LogP contribution in [-0.4, -0.2) is 41.0 Å². The molecule has 162 valence electrons. The monoisotopic (exact) mass is 426 g/mol. The zero-order valence-electron chi connectivity index (χ0n) is 17.6. The minimum Gasteiger partial charge on any atom is -0.465 e. The number of anilines is 1. The number of nitrogens with zero attached hydrogens (tertiary/aromatic N) is 3. The van der Waals surface area contributed by atoms with Gasteiger partial charge in [-0.25, -0.2) is 13.6 Å². The molecule has 6 nitrogen and oxygen atoms in total. The maximum absolute atomic E-state index is 14.3. The molecular weight excluding hydrogens is 402 g/mol. The highest BCUT2D eigenvalue weighted by Crippen LogP contribution is 2.31. The van der Waals surface area contributed by atoms with E-state index in [2.05, 4.69) is 20.5 Å². The smallest absolute Gasteiger partial charge is 0.337 e. The van der Waals surface area contributed by atoms with Gasteiger partial charge in [0, 0.05) is 23.7 Å². The molecule has 0 spiro atoms. The van der Waals surface area contributed by atoms with Crippen molar-refractivity contribution in [1.82, 2.24) is 15.2 Å². The number of nitrogens with one attached hydrogen (secondary N) is 1. The third-order valence-corrected chi connectivity index (χ3v) is 4.97. The lowest BCUT2D eigenvalue weighted by molar-refractivity contribution is 0.0600. The number of hydrogen-bond donors (Lipinski definition) is 1. The van der Waals surface area contributed by atoms with Crippen LogP contribution in [0.5, 0.6) is 0 Å². The zero-order chi connectivity index (χ0) is 22.4. The number of ether oxygens (including phenoxy) is 1. The Labute approximate surface area is 179 Å². The molecule has 0 bridgehead atoms. The van der Waals surface area contributed by atoms with Crippen molar-refractivity contribution in [3.8, 4) is 11.3 Å². The summed E-state index contributed by atoms with van der Waals surface area (Å²) in [6, 6.07) is 13.2. The fourth-order valence-corrected chi connectivity index (χ4v) is 3.49. The number of aromatic nitrogens is 3. The fourth-order valence-electron chi connectivity index (χ4n) is 3.49. The predicted octanol–water partition coefficient (Wildman–Crippen LogP) is 4.58. The van der Waals surface area contributed by atoms with Gasteiger partial charge in [-0.1, -0.05) is 19.1 Å². The molecule has 0 aliphatic rings. The standard InChI is InChI=1S/C23H24F2N4O2/c1-15(24)13-23(2,21-18(25)8-5-11-26-21)14-27-20-10-9-19(28-29-20)16-6-4-7-17(12-16)22(30)31-3/h4-12,15H,13-14H2,1-3H3,(H,27,29)/t15-,23-/m0/s1. The van der Waals surface area contributed by atoms with Crippen molar-refractivity contribution in [3.05, 3.63) is 71.8 Å². The number of carbonyl (C=O) groups excluding carboxylic acids is 1. The second-order valence-electron chi connectivity index (χ2n) is 7.61. The molecule has 8 heteroatoms. The van der Waals surface area contributed by atoms with E-state index in [9.17, 15) is 13.6 Å². The molecule has 1 N–H and O–H groups in total. The lowest BCUT2D eigenvalue weighted by Gasteiger charge is -2.30. The first-order chi connectivity index (χ1) is 14.8. The van der Waals surface area contributed by atoms with Crippen LogP contribution in [0.1, 0.15) is 36.3 Å². The van der Waals surface area contributed by atoms with E-state index < -0.39 is 23.4 Å². The first kappa shape index (κ1) is 22.3. The molecule has 2 aromatic heterocycles. The lowest BCUT2D eigenvalue weighted by Crippen LogP contribution is -2.35. The predicted molar refractivity (Wildman–Crippen MR) is 114 cm³/mol. The first-order valence-electron chi connectivity index (χ1n) is 9.84. The van der Waals surface area contributed by atoms with Crippen LogP contribution < -0.4 is 5.32 Å². The number of alkyl halides is 1. The van der Waals surface area contributed by atoms with Crippen molar-refractivity contribution in [2.75, 3.05) is 19.0 Å². The van der Waals surface area contributed by atoms with Crippen LogP contribution in [0.4, 0.5) is 14.6 Å². The normalized spacial score (nSPS) is 13.8. The molecule has 0 amide bonds. The average Bonchev–Trinajstić information content (AvgIpc) is 2.77. The maximum atomic E-state index is 14.3. The van der Waals surface area contributed by atoms with Crippen LogP contribution >= 0.6 is 0 Å². The van der Waals surface area contributed by atoms with Gasteiger partial charge in [0.2, 0.25) is 0 Å². The molecule has 0 aliphatic carbocycles. The van der Waals surface area contributed by atoms with Crippen molar-refractivity contribution in [3.63, 3.8) is 0 Å². The van der Waals surface area contributed by atoms with Crippen molar-refractivity contribution < 1.29 is 18.3 Å². The van der Waals surface area contributed by atoms with E-state index in [0.717, 1.165) is 0 Å². The molecule has 31 heavy (non-hydrogen) atoms. The van der Waals surface area contributed by atoms with Crippen molar-refractivity contribution in [2.24, 2.45) is 0 Å². The number of carbonyl (C=O) groups is 1. The number of hydrogen-bond acceptors (Lipinski definition) is 6. The van der Waals surface area contributed by atoms with E-state index in [0.29, 0.717) is 22.6 Å². The summed E-state index contributed by atoms with van der Waals surface area (Å²) in [6.45, 7) is 3.43. The summed E-state index contributed by atoms with van der Waals surface area (Å²) in [5.41, 5.74) is 1.03. The maximum Gasteiger partial charge on any atom is 0.337 e. The van der Waals surface area contributed by atoms with Gasteiger partial charge < -0.3 is 10.1 Å². The molecule has 3 aromatic rings. The van der Waals surface area contributed by atoms with Crippen LogP contribution in [0, 0.1) is 5.82 Å². The average molecular weight is 426 g/mol. The Hall–Kier alpha value is -3.42. The Kier molecular flexibility index (Phi) is 6.89. The number of benzene rings is 1. The van der Waals surface area contributed by atoms with Gasteiger partial charge in [-0.3, -0.25) is 4.98 Å². The highest BCUT2D eigenvalue weighted by atomic mass is 19.1. The molecular formula is C23H24F2N4O2. The molecule has 3 rings (SSSR count). The molecule has 0 saturated heterocycles. The van der Waals surface area contributed by atoms with Crippen LogP contribution in [0.25, 0.3) is 11.3 Å². The summed E-state index contributed by atoms with van der Waals surface area (Å²) in [4.78, 5) is 15.9. The largest absolute Gasteiger partial charge is 0.465 e. The summed E-state index contributed by atoms with van der Waals surface area (Å²) in [5, 5.41) is 11.5. The third-order valence-electron chi connectivity index (χ3n) is 4.97. The molecule has 2 heterocycles. The molecule has 0 fully saturated rings. The van der Waals surface area contributed by atoms with E-state index in [1.165, 1.54) is 32.4 Å². The summed E-state index contributed by atoms with van der Waals surface area (Å²) in [5.74, 6) is -0.447. The molecule has 0 aliphatic heterocycles. The van der Waals surface area contributed by atoms with E-state index >= 15 is 0 Å². The number of methoxy groups -OCH3 is 1. The SMILES string of the molecule is COC(=O)c1cccc(-c2ccc(NC[C@](C)(C[C@H](C)F)c3ncccc3F)nn2)c1. The van der Waals surface area contributed by atoms with Crippen molar-refractivity contribution >= 4 is 11.8 Å². The Balaban J connectivity index is 1.77. The Morgan fingerprint density at radius 1 is 1.19 bits per heavy atom. The van der Waals surface area contributed by atoms with E-state index in [-0.39, 0.29) is 18.7 Å². The highest BCUT2D eigenvalue weighted by molar-refractivity contribution is 5.90. The Morgan fingerprint density at radius 2 is 2.00 bits per heavy atom. The van der Waals surface area contributed by atoms with Crippen LogP contribution in [-0.2, 0) is 10.2 Å². The number of rotatable bonds is 8. The lowest BCUT2D eigenvalue weighted by atomic mass is 9.81. The molecule has 2 atom stereocenters. The van der Waals surface area contributed by atoms with Gasteiger partial charge in [0.05, 0.1) is 30.2 Å². The molecule has 0 radical (unpaired) electrons. The van der Waals surface area contributed by atoms with E-state index in [1.54, 1.807) is 37.3 Å². The minimum atomic E-state index is -1.14. The first-order valence-corrected chi connectivity index (χ1v) is 9.84. The molecule has 0 saturated carbocycles. The van der Waals surface area contributed by atoms with Gasteiger partial charge in [-0.05, 0) is 49.7 Å².